The molecule has 13 heteroatoms. The highest BCUT2D eigenvalue weighted by molar-refractivity contribution is 5.95. The van der Waals surface area contributed by atoms with Gasteiger partial charge in [-0.2, -0.15) is 18.2 Å². The topological polar surface area (TPSA) is 121 Å². The van der Waals surface area contributed by atoms with Crippen LogP contribution in [0.2, 0.25) is 0 Å². The van der Waals surface area contributed by atoms with Crippen molar-refractivity contribution < 1.29 is 27.5 Å². The number of piperidine rings is 1. The molecule has 2 amide bonds. The fourth-order valence-electron chi connectivity index (χ4n) is 5.15. The van der Waals surface area contributed by atoms with Crippen molar-refractivity contribution >= 4 is 29.3 Å². The number of carbonyl (C=O) groups excluding carboxylic acids is 2. The molecule has 4 N–H and O–H groups in total. The average molecular weight is 564 g/mol. The molecule has 40 heavy (non-hydrogen) atoms. The molecule has 0 spiro atoms. The number of methoxy groups -OCH3 is 1. The first-order chi connectivity index (χ1) is 19.0. The van der Waals surface area contributed by atoms with Crippen LogP contribution in [0.5, 0.6) is 5.75 Å². The highest BCUT2D eigenvalue weighted by atomic mass is 19.4. The smallest absolute Gasteiger partial charge is 0.421 e. The van der Waals surface area contributed by atoms with Crippen molar-refractivity contribution in [1.82, 2.24) is 25.5 Å². The highest BCUT2D eigenvalue weighted by Gasteiger charge is 2.37. The van der Waals surface area contributed by atoms with E-state index in [1.165, 1.54) is 14.0 Å². The lowest BCUT2D eigenvalue weighted by Crippen LogP contribution is -2.48. The second-order valence-electron chi connectivity index (χ2n) is 10.4. The number of likely N-dealkylation sites (tertiary alicyclic amines) is 1. The molecule has 1 aliphatic heterocycles. The molecule has 2 heterocycles. The standard InChI is InChI=1S/C27H36F3N7O3/c1-16(38)32-20-6-4-5-7-21(20)34-24-19(27(28,29)30)15-31-26(36-24)35-22-9-8-17(14-23(22)40-3)25(39)33-18-10-12-37(2)13-11-18/h8-9,14-15,18,20-21H,4-7,10-13H2,1-3H3,(H,32,38)(H,33,39)(H2,31,34,35,36)/t20-,21+/m0/s1. The number of hydrogen-bond acceptors (Lipinski definition) is 8. The van der Waals surface area contributed by atoms with E-state index in [0.717, 1.165) is 45.0 Å². The monoisotopic (exact) mass is 563 g/mol. The Balaban J connectivity index is 1.53. The first kappa shape index (κ1) is 29.4. The van der Waals surface area contributed by atoms with Gasteiger partial charge < -0.3 is 30.9 Å². The van der Waals surface area contributed by atoms with Gasteiger partial charge in [0, 0.05) is 36.8 Å². The molecule has 2 atom stereocenters. The zero-order chi connectivity index (χ0) is 28.9. The summed E-state index contributed by atoms with van der Waals surface area (Å²) < 4.78 is 46.9. The summed E-state index contributed by atoms with van der Waals surface area (Å²) in [4.78, 5) is 34.7. The molecule has 0 unspecified atom stereocenters. The van der Waals surface area contributed by atoms with E-state index in [1.807, 2.05) is 7.05 Å². The van der Waals surface area contributed by atoms with Crippen LogP contribution < -0.4 is 26.0 Å². The normalized spacial score (nSPS) is 20.4. The summed E-state index contributed by atoms with van der Waals surface area (Å²) >= 11 is 0. The summed E-state index contributed by atoms with van der Waals surface area (Å²) in [5.74, 6) is -0.607. The van der Waals surface area contributed by atoms with Gasteiger partial charge in [0.2, 0.25) is 11.9 Å². The van der Waals surface area contributed by atoms with E-state index < -0.39 is 17.8 Å². The van der Waals surface area contributed by atoms with Gasteiger partial charge in [-0.15, -0.1) is 0 Å². The predicted octanol–water partition coefficient (Wildman–Crippen LogP) is 3.93. The van der Waals surface area contributed by atoms with E-state index in [0.29, 0.717) is 29.8 Å². The van der Waals surface area contributed by atoms with Crippen molar-refractivity contribution in [1.29, 1.82) is 0 Å². The first-order valence-electron chi connectivity index (χ1n) is 13.5. The molecule has 1 saturated heterocycles. The van der Waals surface area contributed by atoms with Gasteiger partial charge in [-0.05, 0) is 64.0 Å². The Morgan fingerprint density at radius 2 is 1.75 bits per heavy atom. The van der Waals surface area contributed by atoms with Crippen molar-refractivity contribution in [2.75, 3.05) is 37.9 Å². The van der Waals surface area contributed by atoms with Crippen LogP contribution in [0, 0.1) is 0 Å². The van der Waals surface area contributed by atoms with Gasteiger partial charge >= 0.3 is 6.18 Å². The number of benzene rings is 1. The largest absolute Gasteiger partial charge is 0.495 e. The van der Waals surface area contributed by atoms with Crippen LogP contribution in [0.15, 0.2) is 24.4 Å². The third kappa shape index (κ3) is 7.52. The average Bonchev–Trinajstić information content (AvgIpc) is 2.90. The van der Waals surface area contributed by atoms with Gasteiger partial charge in [-0.1, -0.05) is 12.8 Å². The Kier molecular flexibility index (Phi) is 9.33. The summed E-state index contributed by atoms with van der Waals surface area (Å²) in [7, 11) is 3.48. The fourth-order valence-corrected chi connectivity index (χ4v) is 5.15. The Labute approximate surface area is 231 Å². The molecule has 2 aliphatic rings. The summed E-state index contributed by atoms with van der Waals surface area (Å²) in [5.41, 5.74) is -0.214. The lowest BCUT2D eigenvalue weighted by Gasteiger charge is -2.33. The van der Waals surface area contributed by atoms with Crippen molar-refractivity contribution in [2.45, 2.75) is 69.8 Å². The maximum Gasteiger partial charge on any atom is 0.421 e. The van der Waals surface area contributed by atoms with Crippen LogP contribution >= 0.6 is 0 Å². The van der Waals surface area contributed by atoms with E-state index >= 15 is 0 Å². The molecular formula is C27H36F3N7O3. The second kappa shape index (κ2) is 12.7. The maximum absolute atomic E-state index is 13.8. The van der Waals surface area contributed by atoms with Gasteiger partial charge in [0.15, 0.2) is 0 Å². The minimum Gasteiger partial charge on any atom is -0.495 e. The number of hydrogen-bond donors (Lipinski definition) is 4. The minimum absolute atomic E-state index is 0.0794. The van der Waals surface area contributed by atoms with Crippen LogP contribution in [-0.4, -0.2) is 72.1 Å². The van der Waals surface area contributed by atoms with E-state index in [9.17, 15) is 22.8 Å². The lowest BCUT2D eigenvalue weighted by molar-refractivity contribution is -0.137. The molecule has 2 aromatic rings. The Morgan fingerprint density at radius 3 is 2.40 bits per heavy atom. The van der Waals surface area contributed by atoms with Crippen molar-refractivity contribution in [3.8, 4) is 5.75 Å². The molecule has 1 aromatic carbocycles. The SMILES string of the molecule is COc1cc(C(=O)NC2CCN(C)CC2)ccc1Nc1ncc(C(F)(F)F)c(N[C@@H]2CCCC[C@@H]2NC(C)=O)n1. The summed E-state index contributed by atoms with van der Waals surface area (Å²) in [6.07, 6.45) is 0.717. The molecule has 1 saturated carbocycles. The number of carbonyl (C=O) groups is 2. The molecule has 10 nitrogen and oxygen atoms in total. The molecule has 1 aliphatic carbocycles. The molecular weight excluding hydrogens is 527 g/mol. The number of aromatic nitrogens is 2. The van der Waals surface area contributed by atoms with Gasteiger partial charge in [-0.3, -0.25) is 9.59 Å². The maximum atomic E-state index is 13.8. The third-order valence-electron chi connectivity index (χ3n) is 7.33. The zero-order valence-corrected chi connectivity index (χ0v) is 22.9. The van der Waals surface area contributed by atoms with Crippen LogP contribution in [-0.2, 0) is 11.0 Å². The number of halogens is 3. The zero-order valence-electron chi connectivity index (χ0n) is 22.9. The summed E-state index contributed by atoms with van der Waals surface area (Å²) in [6, 6.07) is 4.14. The van der Waals surface area contributed by atoms with Gasteiger partial charge in [0.25, 0.3) is 5.91 Å². The van der Waals surface area contributed by atoms with E-state index in [4.69, 9.17) is 4.74 Å². The molecule has 0 bridgehead atoms. The third-order valence-corrected chi connectivity index (χ3v) is 7.33. The van der Waals surface area contributed by atoms with E-state index in [1.54, 1.807) is 18.2 Å². The number of ether oxygens (including phenoxy) is 1. The van der Waals surface area contributed by atoms with E-state index in [-0.39, 0.29) is 35.7 Å². The molecule has 2 fully saturated rings. The summed E-state index contributed by atoms with van der Waals surface area (Å²) in [6.45, 7) is 3.21. The number of anilines is 3. The Hall–Kier alpha value is -3.61. The lowest BCUT2D eigenvalue weighted by atomic mass is 9.90. The second-order valence-corrected chi connectivity index (χ2v) is 10.4. The van der Waals surface area contributed by atoms with Crippen LogP contribution in [0.1, 0.15) is 61.4 Å². The van der Waals surface area contributed by atoms with Gasteiger partial charge in [0.05, 0.1) is 12.8 Å². The number of alkyl halides is 3. The van der Waals surface area contributed by atoms with Gasteiger partial charge in [0.1, 0.15) is 17.1 Å². The quantitative estimate of drug-likeness (QED) is 0.382. The van der Waals surface area contributed by atoms with Crippen molar-refractivity contribution in [3.05, 3.63) is 35.5 Å². The molecule has 218 valence electrons. The molecule has 0 radical (unpaired) electrons. The minimum atomic E-state index is -4.68. The number of nitrogens with zero attached hydrogens (tertiary/aromatic N) is 3. The first-order valence-corrected chi connectivity index (χ1v) is 13.5. The van der Waals surface area contributed by atoms with E-state index in [2.05, 4.69) is 36.1 Å². The number of nitrogens with one attached hydrogen (secondary N) is 4. The summed E-state index contributed by atoms with van der Waals surface area (Å²) in [5, 5.41) is 11.7. The molecule has 1 aromatic heterocycles. The van der Waals surface area contributed by atoms with Crippen LogP contribution in [0.4, 0.5) is 30.6 Å². The van der Waals surface area contributed by atoms with Crippen molar-refractivity contribution in [2.24, 2.45) is 0 Å². The highest BCUT2D eigenvalue weighted by Crippen LogP contribution is 2.36. The Morgan fingerprint density at radius 1 is 1.05 bits per heavy atom. The van der Waals surface area contributed by atoms with Crippen LogP contribution in [0.25, 0.3) is 0 Å². The van der Waals surface area contributed by atoms with Crippen LogP contribution in [0.3, 0.4) is 0 Å². The van der Waals surface area contributed by atoms with Gasteiger partial charge in [-0.25, -0.2) is 4.98 Å². The number of rotatable bonds is 8. The predicted molar refractivity (Wildman–Crippen MR) is 145 cm³/mol. The molecule has 4 rings (SSSR count). The Bertz CT molecular complexity index is 1200. The number of amides is 2. The fraction of sp³-hybridized carbons (Fsp3) is 0.556. The van der Waals surface area contributed by atoms with Crippen molar-refractivity contribution in [3.63, 3.8) is 0 Å².